The topological polar surface area (TPSA) is 30.7 Å². The zero-order valence-electron chi connectivity index (χ0n) is 7.07. The lowest BCUT2D eigenvalue weighted by Gasteiger charge is -2.01. The third-order valence-electron chi connectivity index (χ3n) is 1.03. The second-order valence-electron chi connectivity index (χ2n) is 2.00. The highest BCUT2D eigenvalue weighted by atomic mass is 15.2. The normalized spacial score (nSPS) is 8.90. The van der Waals surface area contributed by atoms with Crippen molar-refractivity contribution < 1.29 is 0 Å². The first-order valence-electron chi connectivity index (χ1n) is 3.65. The lowest BCUT2D eigenvalue weighted by atomic mass is 10.4. The van der Waals surface area contributed by atoms with E-state index in [-0.39, 0.29) is 0 Å². The fourth-order valence-corrected chi connectivity index (χ4v) is 0.475. The molecule has 1 aromatic rings. The second-order valence-corrected chi connectivity index (χ2v) is 2.00. The van der Waals surface area contributed by atoms with Crippen molar-refractivity contribution >= 4 is 0 Å². The maximum atomic E-state index is 3.66. The molecule has 0 aliphatic heterocycles. The summed E-state index contributed by atoms with van der Waals surface area (Å²) in [6, 6.07) is 0.477. The molecule has 0 aromatic carbocycles. The van der Waals surface area contributed by atoms with Crippen LogP contribution in [0.2, 0.25) is 0 Å². The minimum absolute atomic E-state index is 0.477. The number of nitrogens with zero attached hydrogens (tertiary/aromatic N) is 3. The molecule has 0 saturated heterocycles. The predicted molar refractivity (Wildman–Crippen MR) is 41.8 cm³/mol. The molecule has 3 nitrogen and oxygen atoms in total. The van der Waals surface area contributed by atoms with E-state index in [0.717, 1.165) is 0 Å². The van der Waals surface area contributed by atoms with Gasteiger partial charge in [0.2, 0.25) is 0 Å². The maximum absolute atomic E-state index is 3.66. The first-order valence-corrected chi connectivity index (χ1v) is 3.65. The number of hydrogen-bond acceptors (Lipinski definition) is 2. The predicted octanol–water partition coefficient (Wildman–Crippen LogP) is 1.89. The first-order chi connectivity index (χ1) is 4.80. The summed E-state index contributed by atoms with van der Waals surface area (Å²) in [7, 11) is 0. The van der Waals surface area contributed by atoms with Gasteiger partial charge in [-0.05, 0) is 13.8 Å². The molecule has 0 aliphatic rings. The van der Waals surface area contributed by atoms with Gasteiger partial charge in [0.15, 0.2) is 0 Å². The molecular formula is C7H15N3. The van der Waals surface area contributed by atoms with Crippen molar-refractivity contribution in [1.82, 2.24) is 14.8 Å². The fourth-order valence-electron chi connectivity index (χ4n) is 0.475. The van der Waals surface area contributed by atoms with Gasteiger partial charge in [0.1, 0.15) is 12.7 Å². The molecule has 10 heavy (non-hydrogen) atoms. The van der Waals surface area contributed by atoms with Gasteiger partial charge < -0.3 is 4.57 Å². The van der Waals surface area contributed by atoms with Gasteiger partial charge in [-0.3, -0.25) is 0 Å². The molecule has 1 rings (SSSR count). The average molecular weight is 141 g/mol. The average Bonchev–Trinajstić information content (AvgIpc) is 2.42. The summed E-state index contributed by atoms with van der Waals surface area (Å²) in [5, 5.41) is 7.31. The summed E-state index contributed by atoms with van der Waals surface area (Å²) in [6.07, 6.45) is 3.43. The molecule has 0 N–H and O–H groups in total. The first kappa shape index (κ1) is 9.14. The van der Waals surface area contributed by atoms with Crippen LogP contribution in [0, 0.1) is 0 Å². The van der Waals surface area contributed by atoms with Crippen molar-refractivity contribution in [2.24, 2.45) is 0 Å². The van der Waals surface area contributed by atoms with Gasteiger partial charge in [0, 0.05) is 6.04 Å². The van der Waals surface area contributed by atoms with Gasteiger partial charge in [-0.15, -0.1) is 10.2 Å². The molecule has 0 spiro atoms. The molecule has 0 saturated carbocycles. The highest BCUT2D eigenvalue weighted by molar-refractivity contribution is 4.64. The van der Waals surface area contributed by atoms with Gasteiger partial charge in [0.25, 0.3) is 0 Å². The Hall–Kier alpha value is -0.860. The van der Waals surface area contributed by atoms with Crippen molar-refractivity contribution in [3.8, 4) is 0 Å². The SMILES string of the molecule is CC.CC(C)n1cnnc1. The lowest BCUT2D eigenvalue weighted by molar-refractivity contribution is 0.597. The van der Waals surface area contributed by atoms with E-state index in [0.29, 0.717) is 6.04 Å². The largest absolute Gasteiger partial charge is 0.318 e. The molecule has 0 unspecified atom stereocenters. The Kier molecular flexibility index (Phi) is 4.54. The lowest BCUT2D eigenvalue weighted by Crippen LogP contribution is -1.95. The number of hydrogen-bond donors (Lipinski definition) is 0. The van der Waals surface area contributed by atoms with E-state index >= 15 is 0 Å². The number of aromatic nitrogens is 3. The van der Waals surface area contributed by atoms with Crippen LogP contribution >= 0.6 is 0 Å². The van der Waals surface area contributed by atoms with E-state index in [1.54, 1.807) is 12.7 Å². The van der Waals surface area contributed by atoms with E-state index in [4.69, 9.17) is 0 Å². The standard InChI is InChI=1S/C5H9N3.C2H6/c1-5(2)8-3-6-7-4-8;1-2/h3-5H,1-2H3;1-2H3. The summed E-state index contributed by atoms with van der Waals surface area (Å²) in [5.41, 5.74) is 0. The van der Waals surface area contributed by atoms with Crippen LogP contribution < -0.4 is 0 Å². The summed E-state index contributed by atoms with van der Waals surface area (Å²) < 4.78 is 1.94. The zero-order valence-corrected chi connectivity index (χ0v) is 7.07. The van der Waals surface area contributed by atoms with E-state index in [1.165, 1.54) is 0 Å². The van der Waals surface area contributed by atoms with E-state index < -0.39 is 0 Å². The molecule has 0 radical (unpaired) electrons. The van der Waals surface area contributed by atoms with Crippen molar-refractivity contribution in [2.75, 3.05) is 0 Å². The third kappa shape index (κ3) is 2.62. The molecule has 58 valence electrons. The molecule has 1 heterocycles. The summed E-state index contributed by atoms with van der Waals surface area (Å²) >= 11 is 0. The maximum Gasteiger partial charge on any atom is 0.119 e. The van der Waals surface area contributed by atoms with Crippen LogP contribution in [-0.2, 0) is 0 Å². The summed E-state index contributed by atoms with van der Waals surface area (Å²) in [4.78, 5) is 0. The fraction of sp³-hybridized carbons (Fsp3) is 0.714. The Labute approximate surface area is 62.1 Å². The van der Waals surface area contributed by atoms with Crippen LogP contribution in [0.3, 0.4) is 0 Å². The van der Waals surface area contributed by atoms with E-state index in [1.807, 2.05) is 18.4 Å². The monoisotopic (exact) mass is 141 g/mol. The Balaban J connectivity index is 0.000000371. The Morgan fingerprint density at radius 3 is 1.70 bits per heavy atom. The molecule has 0 aliphatic carbocycles. The minimum atomic E-state index is 0.477. The van der Waals surface area contributed by atoms with Crippen LogP contribution in [0.25, 0.3) is 0 Å². The molecule has 3 heteroatoms. The van der Waals surface area contributed by atoms with E-state index in [2.05, 4.69) is 24.0 Å². The summed E-state index contributed by atoms with van der Waals surface area (Å²) in [5.74, 6) is 0. The molecular weight excluding hydrogens is 126 g/mol. The minimum Gasteiger partial charge on any atom is -0.318 e. The van der Waals surface area contributed by atoms with Crippen LogP contribution in [0.1, 0.15) is 33.7 Å². The highest BCUT2D eigenvalue weighted by Crippen LogP contribution is 1.98. The second kappa shape index (κ2) is 4.97. The third-order valence-corrected chi connectivity index (χ3v) is 1.03. The number of rotatable bonds is 1. The molecule has 0 bridgehead atoms. The molecule has 1 aromatic heterocycles. The summed E-state index contributed by atoms with van der Waals surface area (Å²) in [6.45, 7) is 8.17. The van der Waals surface area contributed by atoms with Gasteiger partial charge in [0.05, 0.1) is 0 Å². The van der Waals surface area contributed by atoms with Crippen molar-refractivity contribution in [1.29, 1.82) is 0 Å². The van der Waals surface area contributed by atoms with Gasteiger partial charge in [-0.2, -0.15) is 0 Å². The smallest absolute Gasteiger partial charge is 0.119 e. The van der Waals surface area contributed by atoms with Crippen molar-refractivity contribution in [2.45, 2.75) is 33.7 Å². The Bertz CT molecular complexity index is 144. The van der Waals surface area contributed by atoms with Crippen LogP contribution in [-0.4, -0.2) is 14.8 Å². The molecule has 0 amide bonds. The highest BCUT2D eigenvalue weighted by Gasteiger charge is 1.92. The molecule has 0 atom stereocenters. The van der Waals surface area contributed by atoms with Crippen molar-refractivity contribution in [3.05, 3.63) is 12.7 Å². The Morgan fingerprint density at radius 1 is 1.10 bits per heavy atom. The van der Waals surface area contributed by atoms with Crippen LogP contribution in [0.4, 0.5) is 0 Å². The van der Waals surface area contributed by atoms with Gasteiger partial charge in [-0.1, -0.05) is 13.8 Å². The quantitative estimate of drug-likeness (QED) is 0.598. The molecule has 0 fully saturated rings. The zero-order chi connectivity index (χ0) is 7.98. The van der Waals surface area contributed by atoms with Crippen LogP contribution in [0.5, 0.6) is 0 Å². The Morgan fingerprint density at radius 2 is 1.50 bits per heavy atom. The van der Waals surface area contributed by atoms with E-state index in [9.17, 15) is 0 Å². The van der Waals surface area contributed by atoms with Gasteiger partial charge in [-0.25, -0.2) is 0 Å². The van der Waals surface area contributed by atoms with Crippen molar-refractivity contribution in [3.63, 3.8) is 0 Å². The van der Waals surface area contributed by atoms with Gasteiger partial charge >= 0.3 is 0 Å². The van der Waals surface area contributed by atoms with Crippen LogP contribution in [0.15, 0.2) is 12.7 Å².